The van der Waals surface area contributed by atoms with Gasteiger partial charge in [-0.2, -0.15) is 5.10 Å². The van der Waals surface area contributed by atoms with Gasteiger partial charge in [0.1, 0.15) is 0 Å². The van der Waals surface area contributed by atoms with E-state index in [4.69, 9.17) is 5.73 Å². The Balaban J connectivity index is 1.66. The maximum absolute atomic E-state index is 11.6. The number of benzene rings is 1. The quantitative estimate of drug-likeness (QED) is 0.569. The average Bonchev–Trinajstić information content (AvgIpc) is 3.44. The predicted molar refractivity (Wildman–Crippen MR) is 112 cm³/mol. The molecule has 0 radical (unpaired) electrons. The molecular formula is C23H21N5O. The first-order chi connectivity index (χ1) is 14.1. The maximum Gasteiger partial charge on any atom is 0.250 e. The molecule has 1 aliphatic rings. The van der Waals surface area contributed by atoms with E-state index >= 15 is 0 Å². The first-order valence-electron chi connectivity index (χ1n) is 9.74. The monoisotopic (exact) mass is 383 g/mol. The molecule has 144 valence electrons. The molecule has 6 nitrogen and oxygen atoms in total. The van der Waals surface area contributed by atoms with E-state index in [1.807, 2.05) is 30.3 Å². The van der Waals surface area contributed by atoms with Crippen molar-refractivity contribution in [3.63, 3.8) is 0 Å². The third kappa shape index (κ3) is 3.38. The number of aryl methyl sites for hydroxylation is 1. The van der Waals surface area contributed by atoms with Gasteiger partial charge in [0.05, 0.1) is 23.5 Å². The Morgan fingerprint density at radius 1 is 1.10 bits per heavy atom. The van der Waals surface area contributed by atoms with E-state index < -0.39 is 5.91 Å². The molecule has 0 unspecified atom stereocenters. The largest absolute Gasteiger partial charge is 0.366 e. The molecule has 1 amide bonds. The lowest BCUT2D eigenvalue weighted by Crippen LogP contribution is -2.11. The number of primary amides is 1. The van der Waals surface area contributed by atoms with Gasteiger partial charge in [0.15, 0.2) is 0 Å². The van der Waals surface area contributed by atoms with E-state index in [1.54, 1.807) is 12.3 Å². The van der Waals surface area contributed by atoms with Gasteiger partial charge in [-0.25, -0.2) is 0 Å². The van der Waals surface area contributed by atoms with E-state index in [1.165, 1.54) is 30.2 Å². The van der Waals surface area contributed by atoms with Crippen molar-refractivity contribution in [2.45, 2.75) is 19.3 Å². The molecule has 2 N–H and O–H groups in total. The van der Waals surface area contributed by atoms with Crippen LogP contribution in [-0.4, -0.2) is 25.7 Å². The Bertz CT molecular complexity index is 1240. The highest BCUT2D eigenvalue weighted by Gasteiger charge is 2.23. The molecule has 0 bridgehead atoms. The zero-order valence-electron chi connectivity index (χ0n) is 16.2. The fourth-order valence-corrected chi connectivity index (χ4v) is 3.82. The zero-order valence-corrected chi connectivity index (χ0v) is 16.2. The molecule has 0 spiro atoms. The lowest BCUT2D eigenvalue weighted by Gasteiger charge is -2.12. The first-order valence-corrected chi connectivity index (χ1v) is 9.74. The van der Waals surface area contributed by atoms with Crippen LogP contribution in [0.2, 0.25) is 0 Å². The normalized spacial score (nSPS) is 13.7. The summed E-state index contributed by atoms with van der Waals surface area (Å²) in [5.74, 6) is 0.276. The summed E-state index contributed by atoms with van der Waals surface area (Å²) in [5, 5.41) is 5.21. The first kappa shape index (κ1) is 17.6. The summed E-state index contributed by atoms with van der Waals surface area (Å²) < 4.78 is 1.83. The van der Waals surface area contributed by atoms with Gasteiger partial charge in [0, 0.05) is 42.2 Å². The fourth-order valence-electron chi connectivity index (χ4n) is 3.82. The Morgan fingerprint density at radius 3 is 2.69 bits per heavy atom. The number of nitrogens with zero attached hydrogens (tertiary/aromatic N) is 4. The molecule has 1 aliphatic carbocycles. The molecule has 1 aromatic carbocycles. The molecule has 1 saturated carbocycles. The van der Waals surface area contributed by atoms with Crippen LogP contribution in [0.3, 0.4) is 0 Å². The number of pyridine rings is 2. The van der Waals surface area contributed by atoms with Crippen molar-refractivity contribution in [3.05, 3.63) is 66.4 Å². The summed E-state index contributed by atoms with van der Waals surface area (Å²) in [6.45, 7) is 0. The van der Waals surface area contributed by atoms with Crippen molar-refractivity contribution < 1.29 is 4.79 Å². The fraction of sp³-hybridized carbons (Fsp3) is 0.217. The Morgan fingerprint density at radius 2 is 1.97 bits per heavy atom. The minimum Gasteiger partial charge on any atom is -0.366 e. The summed E-state index contributed by atoms with van der Waals surface area (Å²) in [6.07, 6.45) is 12.6. The third-order valence-electron chi connectivity index (χ3n) is 5.53. The van der Waals surface area contributed by atoms with E-state index in [0.29, 0.717) is 5.56 Å². The molecule has 4 aromatic rings. The van der Waals surface area contributed by atoms with E-state index in [9.17, 15) is 4.79 Å². The topological polar surface area (TPSA) is 86.7 Å². The van der Waals surface area contributed by atoms with Gasteiger partial charge < -0.3 is 5.73 Å². The van der Waals surface area contributed by atoms with Crippen molar-refractivity contribution in [3.8, 4) is 22.3 Å². The van der Waals surface area contributed by atoms with Crippen molar-refractivity contribution in [2.75, 3.05) is 0 Å². The van der Waals surface area contributed by atoms with Crippen LogP contribution in [0.4, 0.5) is 0 Å². The van der Waals surface area contributed by atoms with E-state index in [2.05, 4.69) is 33.3 Å². The van der Waals surface area contributed by atoms with Gasteiger partial charge in [-0.3, -0.25) is 19.4 Å². The van der Waals surface area contributed by atoms with Crippen LogP contribution in [0.1, 0.15) is 28.8 Å². The lowest BCUT2D eigenvalue weighted by atomic mass is 9.92. The average molecular weight is 383 g/mol. The summed E-state index contributed by atoms with van der Waals surface area (Å²) in [6, 6.07) is 8.31. The molecule has 1 fully saturated rings. The van der Waals surface area contributed by atoms with Crippen LogP contribution in [0, 0.1) is 5.92 Å². The standard InChI is InChI=1S/C23H21N5O/c1-28-13-18(10-27-28)19-5-4-15(7-16(19)6-14-2-3-14)21-11-25-12-22-20(21)8-17(9-26-22)23(24)29/h4-5,7-14H,2-3,6H2,1H3,(H2,24,29). The molecule has 3 aromatic heterocycles. The second-order valence-electron chi connectivity index (χ2n) is 7.76. The smallest absolute Gasteiger partial charge is 0.250 e. The van der Waals surface area contributed by atoms with Crippen LogP contribution in [0.5, 0.6) is 0 Å². The van der Waals surface area contributed by atoms with Crippen LogP contribution in [0.25, 0.3) is 33.2 Å². The molecule has 5 rings (SSSR count). The summed E-state index contributed by atoms with van der Waals surface area (Å²) in [4.78, 5) is 20.4. The number of hydrogen-bond donors (Lipinski definition) is 1. The molecule has 6 heteroatoms. The number of nitrogens with two attached hydrogens (primary N) is 1. The van der Waals surface area contributed by atoms with Gasteiger partial charge in [-0.05, 0) is 47.9 Å². The molecular weight excluding hydrogens is 362 g/mol. The predicted octanol–water partition coefficient (Wildman–Crippen LogP) is 3.75. The number of amides is 1. The van der Waals surface area contributed by atoms with Crippen LogP contribution in [-0.2, 0) is 13.5 Å². The third-order valence-corrected chi connectivity index (χ3v) is 5.53. The van der Waals surface area contributed by atoms with E-state index in [0.717, 1.165) is 39.9 Å². The highest BCUT2D eigenvalue weighted by Crippen LogP contribution is 2.38. The zero-order chi connectivity index (χ0) is 20.0. The number of aromatic nitrogens is 4. The second kappa shape index (κ2) is 6.81. The Hall–Kier alpha value is -3.54. The second-order valence-corrected chi connectivity index (χ2v) is 7.76. The number of carbonyl (C=O) groups excluding carboxylic acids is 1. The molecule has 0 saturated heterocycles. The highest BCUT2D eigenvalue weighted by atomic mass is 16.1. The summed E-state index contributed by atoms with van der Waals surface area (Å²) in [7, 11) is 1.93. The van der Waals surface area contributed by atoms with Crippen molar-refractivity contribution >= 4 is 16.8 Å². The minimum absolute atomic E-state index is 0.398. The SMILES string of the molecule is Cn1cc(-c2ccc(-c3cncc4ncc(C(N)=O)cc34)cc2CC2CC2)cn1. The van der Waals surface area contributed by atoms with Crippen LogP contribution >= 0.6 is 0 Å². The summed E-state index contributed by atoms with van der Waals surface area (Å²) >= 11 is 0. The number of carbonyl (C=O) groups is 1. The van der Waals surface area contributed by atoms with E-state index in [-0.39, 0.29) is 0 Å². The molecule has 0 aliphatic heterocycles. The van der Waals surface area contributed by atoms with Gasteiger partial charge in [0.2, 0.25) is 5.91 Å². The molecule has 29 heavy (non-hydrogen) atoms. The summed E-state index contributed by atoms with van der Waals surface area (Å²) in [5.41, 5.74) is 12.3. The van der Waals surface area contributed by atoms with Crippen molar-refractivity contribution in [2.24, 2.45) is 18.7 Å². The maximum atomic E-state index is 11.6. The minimum atomic E-state index is -0.483. The van der Waals surface area contributed by atoms with Gasteiger partial charge in [0.25, 0.3) is 0 Å². The Kier molecular flexibility index (Phi) is 4.12. The number of hydrogen-bond acceptors (Lipinski definition) is 4. The van der Waals surface area contributed by atoms with Crippen molar-refractivity contribution in [1.82, 2.24) is 19.7 Å². The molecule has 0 atom stereocenters. The Labute approximate surface area is 168 Å². The number of rotatable bonds is 5. The van der Waals surface area contributed by atoms with Gasteiger partial charge in [-0.15, -0.1) is 0 Å². The molecule has 3 heterocycles. The number of fused-ring (bicyclic) bond motifs is 1. The van der Waals surface area contributed by atoms with Gasteiger partial charge in [-0.1, -0.05) is 18.2 Å². The highest BCUT2D eigenvalue weighted by molar-refractivity contribution is 6.00. The lowest BCUT2D eigenvalue weighted by molar-refractivity contribution is 0.1000. The van der Waals surface area contributed by atoms with Crippen molar-refractivity contribution in [1.29, 1.82) is 0 Å². The van der Waals surface area contributed by atoms with Crippen LogP contribution < -0.4 is 5.73 Å². The van der Waals surface area contributed by atoms with Gasteiger partial charge >= 0.3 is 0 Å². The van der Waals surface area contributed by atoms with Crippen LogP contribution in [0.15, 0.2) is 55.2 Å².